The molecule has 0 saturated carbocycles. The number of hydrogen-bond acceptors (Lipinski definition) is 7. The molecule has 0 saturated heterocycles. The minimum absolute atomic E-state index is 0.0237. The lowest BCUT2D eigenvalue weighted by atomic mass is 10.3. The third-order valence-corrected chi connectivity index (χ3v) is 3.08. The Kier molecular flexibility index (Phi) is 6.80. The number of aryl methyl sites for hydroxylation is 1. The van der Waals surface area contributed by atoms with E-state index in [2.05, 4.69) is 34.0 Å². The number of nitrogens with one attached hydrogen (secondary N) is 1. The summed E-state index contributed by atoms with van der Waals surface area (Å²) in [6.07, 6.45) is 0. The van der Waals surface area contributed by atoms with Gasteiger partial charge in [-0.2, -0.15) is 4.98 Å². The van der Waals surface area contributed by atoms with E-state index < -0.39 is 4.92 Å². The van der Waals surface area contributed by atoms with E-state index in [0.29, 0.717) is 31.3 Å². The average Bonchev–Trinajstić information content (AvgIpc) is 2.43. The summed E-state index contributed by atoms with van der Waals surface area (Å²) in [5.74, 6) is 0.369. The van der Waals surface area contributed by atoms with E-state index in [0.717, 1.165) is 13.1 Å². The second-order valence-electron chi connectivity index (χ2n) is 4.45. The highest BCUT2D eigenvalue weighted by atomic mass is 16.6. The van der Waals surface area contributed by atoms with Crippen molar-refractivity contribution in [2.24, 2.45) is 0 Å². The highest BCUT2D eigenvalue weighted by Gasteiger charge is 2.23. The summed E-state index contributed by atoms with van der Waals surface area (Å²) in [5, 5.41) is 14.1. The summed E-state index contributed by atoms with van der Waals surface area (Å²) in [4.78, 5) is 21.0. The fraction of sp³-hybridized carbons (Fsp3) is 0.692. The first-order valence-corrected chi connectivity index (χ1v) is 7.15. The highest BCUT2D eigenvalue weighted by Crippen LogP contribution is 2.28. The van der Waals surface area contributed by atoms with E-state index in [-0.39, 0.29) is 11.6 Å². The Hall–Kier alpha value is -1.96. The van der Waals surface area contributed by atoms with Gasteiger partial charge in [-0.3, -0.25) is 10.1 Å². The van der Waals surface area contributed by atoms with Crippen LogP contribution in [0.4, 0.5) is 11.6 Å². The third kappa shape index (κ3) is 4.82. The van der Waals surface area contributed by atoms with Crippen LogP contribution in [0.5, 0.6) is 5.88 Å². The van der Waals surface area contributed by atoms with Gasteiger partial charge in [-0.25, -0.2) is 4.98 Å². The van der Waals surface area contributed by atoms with Crippen molar-refractivity contribution >= 4 is 11.6 Å². The Morgan fingerprint density at radius 1 is 1.29 bits per heavy atom. The largest absolute Gasteiger partial charge is 0.471 e. The van der Waals surface area contributed by atoms with E-state index in [1.54, 1.807) is 6.92 Å². The normalized spacial score (nSPS) is 10.7. The second kappa shape index (κ2) is 8.35. The molecule has 8 nitrogen and oxygen atoms in total. The monoisotopic (exact) mass is 297 g/mol. The van der Waals surface area contributed by atoms with Crippen molar-refractivity contribution in [1.29, 1.82) is 0 Å². The van der Waals surface area contributed by atoms with Gasteiger partial charge in [0.1, 0.15) is 12.3 Å². The van der Waals surface area contributed by atoms with Crippen molar-refractivity contribution in [2.75, 3.05) is 38.1 Å². The molecule has 0 aliphatic rings. The molecule has 0 aromatic carbocycles. The van der Waals surface area contributed by atoms with Crippen LogP contribution in [0.1, 0.15) is 26.5 Å². The lowest BCUT2D eigenvalue weighted by Crippen LogP contribution is -2.28. The Labute approximate surface area is 124 Å². The maximum absolute atomic E-state index is 11.1. The Morgan fingerprint density at radius 3 is 2.48 bits per heavy atom. The molecular formula is C13H23N5O3. The van der Waals surface area contributed by atoms with Crippen LogP contribution in [0.25, 0.3) is 0 Å². The van der Waals surface area contributed by atoms with Gasteiger partial charge in [-0.05, 0) is 26.9 Å². The van der Waals surface area contributed by atoms with Crippen LogP contribution in [0, 0.1) is 17.0 Å². The number of rotatable bonds is 9. The molecule has 0 aliphatic carbocycles. The summed E-state index contributed by atoms with van der Waals surface area (Å²) < 4.78 is 5.53. The number of aromatic nitrogens is 2. The predicted octanol–water partition coefficient (Wildman–Crippen LogP) is 1.85. The summed E-state index contributed by atoms with van der Waals surface area (Å²) in [7, 11) is 0. The highest BCUT2D eigenvalue weighted by molar-refractivity contribution is 5.48. The van der Waals surface area contributed by atoms with Crippen LogP contribution >= 0.6 is 0 Å². The Balaban J connectivity index is 2.89. The van der Waals surface area contributed by atoms with Crippen molar-refractivity contribution in [3.8, 4) is 5.88 Å². The molecule has 1 N–H and O–H groups in total. The first kappa shape index (κ1) is 17.1. The third-order valence-electron chi connectivity index (χ3n) is 3.08. The molecule has 0 fully saturated rings. The molecule has 1 aromatic heterocycles. The van der Waals surface area contributed by atoms with Gasteiger partial charge in [-0.1, -0.05) is 13.8 Å². The van der Waals surface area contributed by atoms with Crippen LogP contribution in [-0.4, -0.2) is 52.6 Å². The maximum Gasteiger partial charge on any atom is 0.352 e. The van der Waals surface area contributed by atoms with Gasteiger partial charge >= 0.3 is 5.69 Å². The zero-order valence-electron chi connectivity index (χ0n) is 13.0. The molecule has 1 aromatic rings. The molecule has 0 radical (unpaired) electrons. The predicted molar refractivity (Wildman–Crippen MR) is 80.9 cm³/mol. The number of hydrogen-bond donors (Lipinski definition) is 1. The van der Waals surface area contributed by atoms with Gasteiger partial charge in [0, 0.05) is 13.1 Å². The molecular weight excluding hydrogens is 274 g/mol. The quantitative estimate of drug-likeness (QED) is 0.549. The van der Waals surface area contributed by atoms with Crippen LogP contribution in [0.3, 0.4) is 0 Å². The first-order valence-electron chi connectivity index (χ1n) is 7.15. The van der Waals surface area contributed by atoms with Gasteiger partial charge in [0.25, 0.3) is 5.88 Å². The molecule has 0 spiro atoms. The summed E-state index contributed by atoms with van der Waals surface area (Å²) in [6.45, 7) is 11.1. The molecule has 8 heteroatoms. The fourth-order valence-electron chi connectivity index (χ4n) is 1.90. The lowest BCUT2D eigenvalue weighted by molar-refractivity contribution is -0.387. The van der Waals surface area contributed by atoms with Gasteiger partial charge < -0.3 is 15.0 Å². The number of nitrogens with zero attached hydrogens (tertiary/aromatic N) is 4. The SMILES string of the molecule is CCNc1nc(C)c([N+](=O)[O-])c(OCCN(CC)CC)n1. The zero-order valence-corrected chi connectivity index (χ0v) is 13.0. The van der Waals surface area contributed by atoms with Crippen molar-refractivity contribution in [1.82, 2.24) is 14.9 Å². The van der Waals surface area contributed by atoms with Crippen molar-refractivity contribution < 1.29 is 9.66 Å². The van der Waals surface area contributed by atoms with E-state index >= 15 is 0 Å². The Morgan fingerprint density at radius 2 is 1.95 bits per heavy atom. The lowest BCUT2D eigenvalue weighted by Gasteiger charge is -2.17. The minimum Gasteiger partial charge on any atom is -0.471 e. The summed E-state index contributed by atoms with van der Waals surface area (Å²) >= 11 is 0. The second-order valence-corrected chi connectivity index (χ2v) is 4.45. The van der Waals surface area contributed by atoms with Gasteiger partial charge in [0.2, 0.25) is 5.95 Å². The summed E-state index contributed by atoms with van der Waals surface area (Å²) in [6, 6.07) is 0. The summed E-state index contributed by atoms with van der Waals surface area (Å²) in [5.41, 5.74) is 0.125. The topological polar surface area (TPSA) is 93.4 Å². The van der Waals surface area contributed by atoms with Crippen molar-refractivity contribution in [3.05, 3.63) is 15.8 Å². The number of ether oxygens (including phenoxy) is 1. The van der Waals surface area contributed by atoms with Crippen LogP contribution in [0.2, 0.25) is 0 Å². The van der Waals surface area contributed by atoms with Crippen LogP contribution in [-0.2, 0) is 0 Å². The molecule has 1 rings (SSSR count). The molecule has 0 atom stereocenters. The minimum atomic E-state index is -0.502. The number of nitro groups is 1. The molecule has 0 amide bonds. The number of anilines is 1. The fourth-order valence-corrected chi connectivity index (χ4v) is 1.90. The van der Waals surface area contributed by atoms with Gasteiger partial charge in [-0.15, -0.1) is 0 Å². The van der Waals surface area contributed by atoms with Crippen LogP contribution in [0.15, 0.2) is 0 Å². The molecule has 0 bridgehead atoms. The van der Waals surface area contributed by atoms with Crippen LogP contribution < -0.4 is 10.1 Å². The maximum atomic E-state index is 11.1. The van der Waals surface area contributed by atoms with Crippen molar-refractivity contribution in [3.63, 3.8) is 0 Å². The average molecular weight is 297 g/mol. The molecule has 0 aliphatic heterocycles. The van der Waals surface area contributed by atoms with Crippen molar-refractivity contribution in [2.45, 2.75) is 27.7 Å². The van der Waals surface area contributed by atoms with Gasteiger partial charge in [0.05, 0.1) is 4.92 Å². The van der Waals surface area contributed by atoms with E-state index in [1.807, 2.05) is 6.92 Å². The number of likely N-dealkylation sites (N-methyl/N-ethyl adjacent to an activating group) is 1. The van der Waals surface area contributed by atoms with Gasteiger partial charge in [0.15, 0.2) is 0 Å². The first-order chi connectivity index (χ1) is 10.0. The van der Waals surface area contributed by atoms with E-state index in [4.69, 9.17) is 4.74 Å². The standard InChI is InChI=1S/C13H23N5O3/c1-5-14-13-15-10(4)11(18(19)20)12(16-13)21-9-8-17(6-2)7-3/h5-9H2,1-4H3,(H,14,15,16). The molecule has 1 heterocycles. The molecule has 21 heavy (non-hydrogen) atoms. The molecule has 0 unspecified atom stereocenters. The molecule has 118 valence electrons. The Bertz CT molecular complexity index is 477. The van der Waals surface area contributed by atoms with E-state index in [9.17, 15) is 10.1 Å². The van der Waals surface area contributed by atoms with E-state index in [1.165, 1.54) is 0 Å². The smallest absolute Gasteiger partial charge is 0.352 e. The zero-order chi connectivity index (χ0) is 15.8.